The molecule has 0 aliphatic rings. The van der Waals surface area contributed by atoms with Gasteiger partial charge in [-0.2, -0.15) is 0 Å². The van der Waals surface area contributed by atoms with Crippen molar-refractivity contribution in [1.82, 2.24) is 4.98 Å². The summed E-state index contributed by atoms with van der Waals surface area (Å²) < 4.78 is 24.4. The Hall–Kier alpha value is -2.56. The van der Waals surface area contributed by atoms with E-state index in [1.807, 2.05) is 6.92 Å². The smallest absolute Gasteiger partial charge is 0.233 e. The Kier molecular flexibility index (Phi) is 3.02. The van der Waals surface area contributed by atoms with Crippen molar-refractivity contribution < 1.29 is 13.5 Å². The van der Waals surface area contributed by atoms with E-state index in [4.69, 9.17) is 14.9 Å². The highest BCUT2D eigenvalue weighted by Crippen LogP contribution is 2.23. The van der Waals surface area contributed by atoms with Crippen molar-refractivity contribution in [3.05, 3.63) is 53.7 Å². The van der Waals surface area contributed by atoms with Gasteiger partial charge in [0.05, 0.1) is 5.69 Å². The molecular weight excluding hydrogens is 259 g/mol. The molecule has 2 aromatic carbocycles. The topological polar surface area (TPSA) is 61.3 Å². The predicted molar refractivity (Wildman–Crippen MR) is 73.9 cm³/mol. The van der Waals surface area contributed by atoms with Gasteiger partial charge in [-0.15, -0.1) is 0 Å². The number of nitrogens with zero attached hydrogens (tertiary/aromatic N) is 1. The summed E-state index contributed by atoms with van der Waals surface area (Å²) in [7, 11) is 0. The molecule has 0 saturated carbocycles. The molecule has 3 rings (SSSR count). The minimum atomic E-state index is -0.411. The highest BCUT2D eigenvalue weighted by Gasteiger charge is 2.10. The summed E-state index contributed by atoms with van der Waals surface area (Å²) >= 11 is 0. The molecule has 5 heteroatoms. The lowest BCUT2D eigenvalue weighted by Gasteiger charge is -2.05. The van der Waals surface area contributed by atoms with E-state index in [-0.39, 0.29) is 12.4 Å². The molecule has 0 aliphatic heterocycles. The monoisotopic (exact) mass is 272 g/mol. The zero-order valence-electron chi connectivity index (χ0n) is 10.9. The molecule has 1 heterocycles. The number of hydrogen-bond donors (Lipinski definition) is 1. The van der Waals surface area contributed by atoms with E-state index in [9.17, 15) is 4.39 Å². The molecule has 2 N–H and O–H groups in total. The number of rotatable bonds is 3. The number of hydrogen-bond acceptors (Lipinski definition) is 4. The number of anilines is 1. The molecule has 0 bridgehead atoms. The average Bonchev–Trinajstić information content (AvgIpc) is 2.84. The number of fused-ring (bicyclic) bond motifs is 1. The van der Waals surface area contributed by atoms with Crippen molar-refractivity contribution in [3.63, 3.8) is 0 Å². The first-order valence-electron chi connectivity index (χ1n) is 6.16. The molecule has 0 atom stereocenters. The lowest BCUT2D eigenvalue weighted by molar-refractivity contribution is 0.255. The predicted octanol–water partition coefficient (Wildman–Crippen LogP) is 3.44. The van der Waals surface area contributed by atoms with Crippen LogP contribution in [-0.4, -0.2) is 4.98 Å². The maximum atomic E-state index is 13.5. The van der Waals surface area contributed by atoms with Crippen LogP contribution in [0.15, 0.2) is 40.8 Å². The number of nitrogens with two attached hydrogens (primary N) is 1. The number of benzene rings is 2. The van der Waals surface area contributed by atoms with Gasteiger partial charge >= 0.3 is 0 Å². The van der Waals surface area contributed by atoms with Gasteiger partial charge in [-0.3, -0.25) is 0 Å². The third-order valence-corrected chi connectivity index (χ3v) is 2.93. The summed E-state index contributed by atoms with van der Waals surface area (Å²) in [5.41, 5.74) is 8.44. The highest BCUT2D eigenvalue weighted by atomic mass is 19.1. The molecule has 0 aliphatic carbocycles. The molecule has 3 aromatic rings. The molecule has 0 unspecified atom stereocenters. The first-order valence-corrected chi connectivity index (χ1v) is 6.16. The second-order valence-corrected chi connectivity index (χ2v) is 4.52. The van der Waals surface area contributed by atoms with Crippen molar-refractivity contribution in [3.8, 4) is 5.75 Å². The third-order valence-electron chi connectivity index (χ3n) is 2.93. The molecule has 0 radical (unpaired) electrons. The summed E-state index contributed by atoms with van der Waals surface area (Å²) in [6, 6.07) is 9.99. The maximum Gasteiger partial charge on any atom is 0.233 e. The fourth-order valence-corrected chi connectivity index (χ4v) is 1.94. The van der Waals surface area contributed by atoms with E-state index in [2.05, 4.69) is 4.98 Å². The Morgan fingerprint density at radius 2 is 2.15 bits per heavy atom. The van der Waals surface area contributed by atoms with Crippen molar-refractivity contribution in [2.24, 2.45) is 0 Å². The van der Waals surface area contributed by atoms with Crippen molar-refractivity contribution >= 4 is 16.8 Å². The van der Waals surface area contributed by atoms with E-state index >= 15 is 0 Å². The molecule has 0 spiro atoms. The van der Waals surface area contributed by atoms with Gasteiger partial charge in [0, 0.05) is 0 Å². The van der Waals surface area contributed by atoms with Gasteiger partial charge in [0.15, 0.2) is 23.8 Å². The summed E-state index contributed by atoms with van der Waals surface area (Å²) in [5.74, 6) is 0.130. The molecule has 4 nitrogen and oxygen atoms in total. The number of aromatic nitrogens is 1. The Balaban J connectivity index is 1.83. The van der Waals surface area contributed by atoms with Crippen LogP contribution in [0.2, 0.25) is 0 Å². The van der Waals surface area contributed by atoms with Crippen LogP contribution in [0.5, 0.6) is 5.75 Å². The van der Waals surface area contributed by atoms with E-state index in [0.717, 1.165) is 5.56 Å². The van der Waals surface area contributed by atoms with Crippen LogP contribution in [0.1, 0.15) is 11.5 Å². The van der Waals surface area contributed by atoms with E-state index in [0.29, 0.717) is 22.7 Å². The number of oxazole rings is 1. The molecule has 0 amide bonds. The SMILES string of the molecule is Cc1ccc(F)c(OCc2nc3c(N)cccc3o2)c1. The quantitative estimate of drug-likeness (QED) is 0.742. The van der Waals surface area contributed by atoms with E-state index in [1.165, 1.54) is 6.07 Å². The van der Waals surface area contributed by atoms with Gasteiger partial charge in [-0.05, 0) is 36.8 Å². The third kappa shape index (κ3) is 2.30. The molecule has 0 fully saturated rings. The number of nitrogen functional groups attached to an aromatic ring is 1. The highest BCUT2D eigenvalue weighted by molar-refractivity contribution is 5.85. The van der Waals surface area contributed by atoms with E-state index in [1.54, 1.807) is 30.3 Å². The molecular formula is C15H13FN2O2. The second-order valence-electron chi connectivity index (χ2n) is 4.52. The van der Waals surface area contributed by atoms with Gasteiger partial charge in [0.25, 0.3) is 0 Å². The van der Waals surface area contributed by atoms with Crippen LogP contribution in [0.3, 0.4) is 0 Å². The number of aryl methyl sites for hydroxylation is 1. The normalized spacial score (nSPS) is 10.9. The number of para-hydroxylation sites is 1. The maximum absolute atomic E-state index is 13.5. The summed E-state index contributed by atoms with van der Waals surface area (Å²) in [5, 5.41) is 0. The molecule has 0 saturated heterocycles. The number of halogens is 1. The Morgan fingerprint density at radius 3 is 2.95 bits per heavy atom. The zero-order valence-corrected chi connectivity index (χ0v) is 10.9. The lowest BCUT2D eigenvalue weighted by Crippen LogP contribution is -1.98. The van der Waals surface area contributed by atoms with Crippen molar-refractivity contribution in [2.75, 3.05) is 5.73 Å². The fourth-order valence-electron chi connectivity index (χ4n) is 1.94. The molecule has 102 valence electrons. The van der Waals surface area contributed by atoms with Gasteiger partial charge in [0.1, 0.15) is 5.52 Å². The van der Waals surface area contributed by atoms with E-state index < -0.39 is 5.82 Å². The van der Waals surface area contributed by atoms with Gasteiger partial charge in [-0.25, -0.2) is 9.37 Å². The van der Waals surface area contributed by atoms with Crippen LogP contribution in [0.4, 0.5) is 10.1 Å². The van der Waals surface area contributed by atoms with Gasteiger partial charge in [-0.1, -0.05) is 12.1 Å². The molecule has 1 aromatic heterocycles. The minimum Gasteiger partial charge on any atom is -0.481 e. The standard InChI is InChI=1S/C15H13FN2O2/c1-9-5-6-10(16)13(7-9)19-8-14-18-15-11(17)3-2-4-12(15)20-14/h2-7H,8,17H2,1H3. The Bertz CT molecular complexity index is 768. The summed E-state index contributed by atoms with van der Waals surface area (Å²) in [4.78, 5) is 4.24. The molecule has 20 heavy (non-hydrogen) atoms. The summed E-state index contributed by atoms with van der Waals surface area (Å²) in [6.45, 7) is 1.92. The van der Waals surface area contributed by atoms with Crippen LogP contribution in [0, 0.1) is 12.7 Å². The van der Waals surface area contributed by atoms with Crippen LogP contribution in [0.25, 0.3) is 11.1 Å². The first-order chi connectivity index (χ1) is 9.63. The summed E-state index contributed by atoms with van der Waals surface area (Å²) in [6.07, 6.45) is 0. The minimum absolute atomic E-state index is 0.0501. The zero-order chi connectivity index (χ0) is 14.1. The number of ether oxygens (including phenoxy) is 1. The van der Waals surface area contributed by atoms with Gasteiger partial charge < -0.3 is 14.9 Å². The van der Waals surface area contributed by atoms with Crippen LogP contribution >= 0.6 is 0 Å². The van der Waals surface area contributed by atoms with Crippen LogP contribution < -0.4 is 10.5 Å². The largest absolute Gasteiger partial charge is 0.481 e. The fraction of sp³-hybridized carbons (Fsp3) is 0.133. The van der Waals surface area contributed by atoms with Crippen molar-refractivity contribution in [2.45, 2.75) is 13.5 Å². The van der Waals surface area contributed by atoms with Gasteiger partial charge in [0.2, 0.25) is 5.89 Å². The Labute approximate surface area is 115 Å². The van der Waals surface area contributed by atoms with Crippen LogP contribution in [-0.2, 0) is 6.61 Å². The lowest BCUT2D eigenvalue weighted by atomic mass is 10.2. The van der Waals surface area contributed by atoms with Crippen molar-refractivity contribution in [1.29, 1.82) is 0 Å². The Morgan fingerprint density at radius 1 is 1.30 bits per heavy atom. The average molecular weight is 272 g/mol. The second kappa shape index (κ2) is 4.85. The first kappa shape index (κ1) is 12.5.